The predicted octanol–water partition coefficient (Wildman–Crippen LogP) is 3.41. The van der Waals surface area contributed by atoms with Gasteiger partial charge >= 0.3 is 0 Å². The molecule has 3 aromatic rings. The average Bonchev–Trinajstić information content (AvgIpc) is 2.92. The Morgan fingerprint density at radius 1 is 1.09 bits per heavy atom. The molecule has 0 spiro atoms. The summed E-state index contributed by atoms with van der Waals surface area (Å²) in [5.74, 6) is -0.269. The number of aromatic nitrogens is 2. The Morgan fingerprint density at radius 3 is 2.41 bits per heavy atom. The van der Waals surface area contributed by atoms with Gasteiger partial charge in [-0.05, 0) is 42.8 Å². The maximum atomic E-state index is 13.2. The van der Waals surface area contributed by atoms with Crippen molar-refractivity contribution in [1.29, 1.82) is 0 Å². The zero-order valence-corrected chi connectivity index (χ0v) is 12.4. The number of halogens is 1. The largest absolute Gasteiger partial charge is 0.329 e. The van der Waals surface area contributed by atoms with E-state index in [1.165, 1.54) is 12.1 Å². The van der Waals surface area contributed by atoms with Crippen LogP contribution in [0.15, 0.2) is 60.7 Å². The molecule has 3 rings (SSSR count). The minimum atomic E-state index is -0.243. The summed E-state index contributed by atoms with van der Waals surface area (Å²) in [6, 6.07) is 18.5. The van der Waals surface area contributed by atoms with E-state index >= 15 is 0 Å². The van der Waals surface area contributed by atoms with Crippen molar-refractivity contribution in [3.63, 3.8) is 0 Å². The highest BCUT2D eigenvalue weighted by Gasteiger charge is 2.19. The third kappa shape index (κ3) is 2.78. The summed E-state index contributed by atoms with van der Waals surface area (Å²) >= 11 is 0. The van der Waals surface area contributed by atoms with Gasteiger partial charge < -0.3 is 5.73 Å². The summed E-state index contributed by atoms with van der Waals surface area (Å²) in [5.41, 5.74) is 9.92. The van der Waals surface area contributed by atoms with Crippen LogP contribution in [0.5, 0.6) is 0 Å². The molecular weight excluding hydrogens is 277 g/mol. The van der Waals surface area contributed by atoms with Crippen molar-refractivity contribution in [2.45, 2.75) is 12.8 Å². The quantitative estimate of drug-likeness (QED) is 0.801. The van der Waals surface area contributed by atoms with Crippen LogP contribution in [0.1, 0.15) is 22.9 Å². The molecule has 0 aliphatic rings. The first-order valence-electron chi connectivity index (χ1n) is 7.26. The Hall–Kier alpha value is -2.46. The van der Waals surface area contributed by atoms with Crippen molar-refractivity contribution in [1.82, 2.24) is 9.78 Å². The lowest BCUT2D eigenvalue weighted by atomic mass is 9.95. The molecule has 0 saturated heterocycles. The van der Waals surface area contributed by atoms with E-state index in [1.807, 2.05) is 48.0 Å². The summed E-state index contributed by atoms with van der Waals surface area (Å²) < 4.78 is 15.1. The smallest absolute Gasteiger partial charge is 0.123 e. The third-order valence-corrected chi connectivity index (χ3v) is 3.72. The molecule has 1 heterocycles. The molecule has 0 aliphatic heterocycles. The molecule has 0 fully saturated rings. The van der Waals surface area contributed by atoms with Crippen LogP contribution in [0.2, 0.25) is 0 Å². The number of rotatable bonds is 4. The summed E-state index contributed by atoms with van der Waals surface area (Å²) in [6.45, 7) is 2.39. The molecule has 4 heteroatoms. The van der Waals surface area contributed by atoms with Crippen LogP contribution in [0, 0.1) is 12.7 Å². The van der Waals surface area contributed by atoms with Crippen LogP contribution in [0.3, 0.4) is 0 Å². The molecule has 1 aromatic heterocycles. The van der Waals surface area contributed by atoms with Crippen LogP contribution in [0.25, 0.3) is 5.69 Å². The molecule has 0 radical (unpaired) electrons. The van der Waals surface area contributed by atoms with Crippen molar-refractivity contribution < 1.29 is 4.39 Å². The Labute approximate surface area is 129 Å². The van der Waals surface area contributed by atoms with Crippen molar-refractivity contribution in [2.75, 3.05) is 6.54 Å². The molecule has 0 amide bonds. The topological polar surface area (TPSA) is 43.8 Å². The second-order valence-electron chi connectivity index (χ2n) is 5.30. The van der Waals surface area contributed by atoms with E-state index in [0.29, 0.717) is 6.54 Å². The highest BCUT2D eigenvalue weighted by atomic mass is 19.1. The van der Waals surface area contributed by atoms with Crippen molar-refractivity contribution >= 4 is 0 Å². The van der Waals surface area contributed by atoms with Crippen LogP contribution in [-0.2, 0) is 0 Å². The number of nitrogens with zero attached hydrogens (tertiary/aromatic N) is 2. The summed E-state index contributed by atoms with van der Waals surface area (Å²) in [5, 5.41) is 4.58. The molecule has 0 saturated carbocycles. The first-order chi connectivity index (χ1) is 10.7. The Morgan fingerprint density at radius 2 is 1.77 bits per heavy atom. The summed E-state index contributed by atoms with van der Waals surface area (Å²) in [6.07, 6.45) is 0. The minimum Gasteiger partial charge on any atom is -0.329 e. The van der Waals surface area contributed by atoms with E-state index in [0.717, 1.165) is 22.6 Å². The zero-order valence-electron chi connectivity index (χ0n) is 12.4. The molecule has 1 atom stereocenters. The van der Waals surface area contributed by atoms with E-state index in [1.54, 1.807) is 12.1 Å². The van der Waals surface area contributed by atoms with E-state index in [-0.39, 0.29) is 11.7 Å². The normalized spacial score (nSPS) is 12.3. The van der Waals surface area contributed by atoms with Gasteiger partial charge in [0, 0.05) is 12.5 Å². The second-order valence-corrected chi connectivity index (χ2v) is 5.30. The van der Waals surface area contributed by atoms with Gasteiger partial charge in [-0.3, -0.25) is 0 Å². The van der Waals surface area contributed by atoms with Gasteiger partial charge in [-0.25, -0.2) is 9.07 Å². The fourth-order valence-corrected chi connectivity index (χ4v) is 2.67. The molecule has 2 aromatic carbocycles. The minimum absolute atomic E-state index is 0.0259. The lowest BCUT2D eigenvalue weighted by Crippen LogP contribution is -2.17. The van der Waals surface area contributed by atoms with E-state index in [4.69, 9.17) is 5.73 Å². The number of aryl methyl sites for hydroxylation is 1. The van der Waals surface area contributed by atoms with Crippen molar-refractivity contribution in [3.05, 3.63) is 83.4 Å². The summed E-state index contributed by atoms with van der Waals surface area (Å²) in [7, 11) is 0. The van der Waals surface area contributed by atoms with Gasteiger partial charge in [-0.1, -0.05) is 30.3 Å². The number of para-hydroxylation sites is 1. The van der Waals surface area contributed by atoms with Crippen LogP contribution < -0.4 is 5.73 Å². The first-order valence-corrected chi connectivity index (χ1v) is 7.26. The van der Waals surface area contributed by atoms with Gasteiger partial charge in [-0.2, -0.15) is 5.10 Å². The van der Waals surface area contributed by atoms with Gasteiger partial charge in [0.1, 0.15) is 5.82 Å². The zero-order chi connectivity index (χ0) is 15.5. The molecule has 112 valence electrons. The average molecular weight is 295 g/mol. The molecule has 0 aliphatic carbocycles. The number of nitrogens with two attached hydrogens (primary N) is 1. The van der Waals surface area contributed by atoms with Crippen LogP contribution >= 0.6 is 0 Å². The summed E-state index contributed by atoms with van der Waals surface area (Å²) in [4.78, 5) is 0. The maximum absolute atomic E-state index is 13.2. The van der Waals surface area contributed by atoms with E-state index in [2.05, 4.69) is 5.10 Å². The molecule has 1 unspecified atom stereocenters. The number of hydrogen-bond acceptors (Lipinski definition) is 2. The maximum Gasteiger partial charge on any atom is 0.123 e. The fraction of sp³-hybridized carbons (Fsp3) is 0.167. The van der Waals surface area contributed by atoms with E-state index in [9.17, 15) is 4.39 Å². The van der Waals surface area contributed by atoms with Crippen LogP contribution in [-0.4, -0.2) is 16.3 Å². The first kappa shape index (κ1) is 14.5. The Bertz CT molecular complexity index is 748. The fourth-order valence-electron chi connectivity index (χ4n) is 2.67. The number of benzene rings is 2. The molecule has 22 heavy (non-hydrogen) atoms. The Balaban J connectivity index is 2.08. The lowest BCUT2D eigenvalue weighted by Gasteiger charge is -2.17. The predicted molar refractivity (Wildman–Crippen MR) is 85.6 cm³/mol. The van der Waals surface area contributed by atoms with Crippen molar-refractivity contribution in [2.24, 2.45) is 5.73 Å². The molecule has 0 bridgehead atoms. The lowest BCUT2D eigenvalue weighted by molar-refractivity contribution is 0.625. The molecular formula is C18H18FN3. The molecule has 2 N–H and O–H groups in total. The number of hydrogen-bond donors (Lipinski definition) is 1. The monoisotopic (exact) mass is 295 g/mol. The second kappa shape index (κ2) is 6.12. The highest BCUT2D eigenvalue weighted by molar-refractivity contribution is 5.38. The van der Waals surface area contributed by atoms with Gasteiger partial charge in [-0.15, -0.1) is 0 Å². The van der Waals surface area contributed by atoms with Crippen molar-refractivity contribution in [3.8, 4) is 5.69 Å². The highest BCUT2D eigenvalue weighted by Crippen LogP contribution is 2.26. The van der Waals surface area contributed by atoms with Gasteiger partial charge in [0.05, 0.1) is 17.1 Å². The van der Waals surface area contributed by atoms with Gasteiger partial charge in [0.2, 0.25) is 0 Å². The van der Waals surface area contributed by atoms with Gasteiger partial charge in [0.15, 0.2) is 0 Å². The van der Waals surface area contributed by atoms with Crippen LogP contribution in [0.4, 0.5) is 4.39 Å². The standard InChI is InChI=1S/C18H18FN3/c1-13-11-18(22(21-13)16-5-3-2-4-6-16)17(12-20)14-7-9-15(19)10-8-14/h2-11,17H,12,20H2,1H3. The Kier molecular flexibility index (Phi) is 4.02. The SMILES string of the molecule is Cc1cc(C(CN)c2ccc(F)cc2)n(-c2ccccc2)n1. The molecule has 3 nitrogen and oxygen atoms in total. The van der Waals surface area contributed by atoms with E-state index < -0.39 is 0 Å². The third-order valence-electron chi connectivity index (χ3n) is 3.72. The van der Waals surface area contributed by atoms with Gasteiger partial charge in [0.25, 0.3) is 0 Å².